The first-order chi connectivity index (χ1) is 7.51. The Morgan fingerprint density at radius 3 is 2.50 bits per heavy atom. The van der Waals surface area contributed by atoms with Crippen LogP contribution in [0.15, 0.2) is 12.2 Å². The SMILES string of the molecule is C=C(C)C(=O)OC(C)OC12CCC(CC1)C2. The van der Waals surface area contributed by atoms with E-state index in [0.29, 0.717) is 5.57 Å². The Labute approximate surface area is 96.8 Å². The van der Waals surface area contributed by atoms with Gasteiger partial charge in [0.1, 0.15) is 0 Å². The van der Waals surface area contributed by atoms with Crippen molar-refractivity contribution in [2.75, 3.05) is 0 Å². The highest BCUT2D eigenvalue weighted by molar-refractivity contribution is 5.86. The van der Waals surface area contributed by atoms with Gasteiger partial charge in [0.25, 0.3) is 0 Å². The first-order valence-corrected chi connectivity index (χ1v) is 6.05. The molecule has 0 heterocycles. The topological polar surface area (TPSA) is 35.5 Å². The summed E-state index contributed by atoms with van der Waals surface area (Å²) >= 11 is 0. The van der Waals surface area contributed by atoms with Crippen molar-refractivity contribution >= 4 is 5.97 Å². The highest BCUT2D eigenvalue weighted by Gasteiger charge is 2.47. The van der Waals surface area contributed by atoms with Crippen LogP contribution < -0.4 is 0 Å². The van der Waals surface area contributed by atoms with Crippen LogP contribution in [0, 0.1) is 5.92 Å². The Morgan fingerprint density at radius 2 is 2.06 bits per heavy atom. The molecule has 0 aromatic carbocycles. The van der Waals surface area contributed by atoms with Crippen molar-refractivity contribution in [3.63, 3.8) is 0 Å². The van der Waals surface area contributed by atoms with Gasteiger partial charge in [-0.25, -0.2) is 4.79 Å². The smallest absolute Gasteiger partial charge is 0.335 e. The number of hydrogen-bond acceptors (Lipinski definition) is 3. The maximum absolute atomic E-state index is 11.3. The zero-order valence-corrected chi connectivity index (χ0v) is 10.1. The largest absolute Gasteiger partial charge is 0.433 e. The monoisotopic (exact) mass is 224 g/mol. The molecular formula is C13H20O3. The van der Waals surface area contributed by atoms with E-state index in [4.69, 9.17) is 9.47 Å². The second-order valence-corrected chi connectivity index (χ2v) is 5.20. The van der Waals surface area contributed by atoms with Gasteiger partial charge >= 0.3 is 5.97 Å². The molecule has 0 aromatic rings. The van der Waals surface area contributed by atoms with Gasteiger partial charge in [0.2, 0.25) is 6.29 Å². The number of fused-ring (bicyclic) bond motifs is 2. The molecule has 3 nitrogen and oxygen atoms in total. The first kappa shape index (κ1) is 11.6. The molecule has 2 fully saturated rings. The predicted molar refractivity (Wildman–Crippen MR) is 60.8 cm³/mol. The van der Waals surface area contributed by atoms with Crippen molar-refractivity contribution in [3.05, 3.63) is 12.2 Å². The zero-order chi connectivity index (χ0) is 11.8. The number of hydrogen-bond donors (Lipinski definition) is 0. The van der Waals surface area contributed by atoms with E-state index in [0.717, 1.165) is 25.2 Å². The van der Waals surface area contributed by atoms with E-state index in [1.54, 1.807) is 13.8 Å². The van der Waals surface area contributed by atoms with Crippen LogP contribution >= 0.6 is 0 Å². The maximum Gasteiger partial charge on any atom is 0.335 e. The number of carbonyl (C=O) groups excluding carboxylic acids is 1. The maximum atomic E-state index is 11.3. The summed E-state index contributed by atoms with van der Waals surface area (Å²) in [5.41, 5.74) is 0.420. The summed E-state index contributed by atoms with van der Waals surface area (Å²) in [5, 5.41) is 0. The normalized spacial score (nSPS) is 33.8. The van der Waals surface area contributed by atoms with E-state index >= 15 is 0 Å². The Balaban J connectivity index is 1.85. The van der Waals surface area contributed by atoms with E-state index in [1.165, 1.54) is 12.8 Å². The molecule has 0 radical (unpaired) electrons. The molecule has 2 bridgehead atoms. The van der Waals surface area contributed by atoms with E-state index < -0.39 is 6.29 Å². The molecule has 2 rings (SSSR count). The van der Waals surface area contributed by atoms with Gasteiger partial charge in [-0.05, 0) is 51.9 Å². The summed E-state index contributed by atoms with van der Waals surface area (Å²) in [5.74, 6) is 0.473. The number of ether oxygens (including phenoxy) is 2. The lowest BCUT2D eigenvalue weighted by atomic mass is 9.97. The van der Waals surface area contributed by atoms with Crippen LogP contribution in [-0.4, -0.2) is 17.9 Å². The summed E-state index contributed by atoms with van der Waals surface area (Å²) in [6.07, 6.45) is 5.45. The van der Waals surface area contributed by atoms with Crippen LogP contribution in [0.3, 0.4) is 0 Å². The van der Waals surface area contributed by atoms with Crippen LogP contribution in [0.1, 0.15) is 46.0 Å². The molecule has 2 aliphatic carbocycles. The highest BCUT2D eigenvalue weighted by Crippen LogP contribution is 2.50. The second-order valence-electron chi connectivity index (χ2n) is 5.20. The third-order valence-corrected chi connectivity index (χ3v) is 3.71. The Kier molecular flexibility index (Phi) is 3.06. The minimum Gasteiger partial charge on any atom is -0.433 e. The van der Waals surface area contributed by atoms with E-state index in [-0.39, 0.29) is 11.6 Å². The van der Waals surface area contributed by atoms with Gasteiger partial charge in [0.05, 0.1) is 5.60 Å². The van der Waals surface area contributed by atoms with E-state index in [2.05, 4.69) is 6.58 Å². The van der Waals surface area contributed by atoms with Crippen LogP contribution in [0.25, 0.3) is 0 Å². The van der Waals surface area contributed by atoms with E-state index in [1.807, 2.05) is 0 Å². The van der Waals surface area contributed by atoms with Gasteiger partial charge < -0.3 is 9.47 Å². The number of carbonyl (C=O) groups is 1. The standard InChI is InChI=1S/C13H20O3/c1-9(2)12(14)15-10(3)16-13-6-4-11(8-13)5-7-13/h10-11H,1,4-8H2,2-3H3. The van der Waals surface area contributed by atoms with Gasteiger partial charge in [0.15, 0.2) is 0 Å². The Hall–Kier alpha value is -0.830. The fourth-order valence-electron chi connectivity index (χ4n) is 2.93. The van der Waals surface area contributed by atoms with Gasteiger partial charge in [0, 0.05) is 5.57 Å². The molecule has 0 amide bonds. The van der Waals surface area contributed by atoms with Crippen molar-refractivity contribution in [1.29, 1.82) is 0 Å². The molecule has 90 valence electrons. The summed E-state index contributed by atoms with van der Waals surface area (Å²) in [7, 11) is 0. The van der Waals surface area contributed by atoms with Crippen molar-refractivity contribution in [2.24, 2.45) is 5.92 Å². The highest BCUT2D eigenvalue weighted by atomic mass is 16.7. The van der Waals surface area contributed by atoms with Crippen molar-refractivity contribution in [1.82, 2.24) is 0 Å². The lowest BCUT2D eigenvalue weighted by Gasteiger charge is -2.30. The zero-order valence-electron chi connectivity index (χ0n) is 10.1. The summed E-state index contributed by atoms with van der Waals surface area (Å²) in [6.45, 7) is 7.00. The van der Waals surface area contributed by atoms with Gasteiger partial charge in [-0.3, -0.25) is 0 Å². The Morgan fingerprint density at radius 1 is 1.44 bits per heavy atom. The van der Waals surface area contributed by atoms with Crippen LogP contribution in [-0.2, 0) is 14.3 Å². The molecule has 0 N–H and O–H groups in total. The van der Waals surface area contributed by atoms with Crippen LogP contribution in [0.2, 0.25) is 0 Å². The average Bonchev–Trinajstić information content (AvgIpc) is 2.76. The van der Waals surface area contributed by atoms with Crippen molar-refractivity contribution < 1.29 is 14.3 Å². The van der Waals surface area contributed by atoms with Crippen molar-refractivity contribution in [2.45, 2.75) is 57.8 Å². The lowest BCUT2D eigenvalue weighted by Crippen LogP contribution is -2.33. The third-order valence-electron chi connectivity index (χ3n) is 3.71. The first-order valence-electron chi connectivity index (χ1n) is 6.05. The predicted octanol–water partition coefficient (Wildman–Crippen LogP) is 2.80. The molecule has 0 aromatic heterocycles. The van der Waals surface area contributed by atoms with Crippen molar-refractivity contribution in [3.8, 4) is 0 Å². The Bertz CT molecular complexity index is 300. The molecule has 3 heteroatoms. The van der Waals surface area contributed by atoms with E-state index in [9.17, 15) is 4.79 Å². The molecule has 0 spiro atoms. The lowest BCUT2D eigenvalue weighted by molar-refractivity contribution is -0.201. The minimum atomic E-state index is -0.457. The quantitative estimate of drug-likeness (QED) is 0.418. The van der Waals surface area contributed by atoms with Crippen LogP contribution in [0.5, 0.6) is 0 Å². The summed E-state index contributed by atoms with van der Waals surface area (Å²) < 4.78 is 11.1. The molecule has 1 unspecified atom stereocenters. The summed E-state index contributed by atoms with van der Waals surface area (Å²) in [6, 6.07) is 0. The number of esters is 1. The molecule has 0 saturated heterocycles. The minimum absolute atomic E-state index is 0.000557. The molecule has 0 aliphatic heterocycles. The molecule has 16 heavy (non-hydrogen) atoms. The fourth-order valence-corrected chi connectivity index (χ4v) is 2.93. The van der Waals surface area contributed by atoms with Gasteiger partial charge in [-0.15, -0.1) is 0 Å². The van der Waals surface area contributed by atoms with Gasteiger partial charge in [-0.2, -0.15) is 0 Å². The second kappa shape index (κ2) is 4.21. The summed E-state index contributed by atoms with van der Waals surface area (Å²) in [4.78, 5) is 11.3. The van der Waals surface area contributed by atoms with Crippen LogP contribution in [0.4, 0.5) is 0 Å². The molecular weight excluding hydrogens is 204 g/mol. The molecule has 2 saturated carbocycles. The molecule has 2 aliphatic rings. The third kappa shape index (κ3) is 2.29. The van der Waals surface area contributed by atoms with Gasteiger partial charge in [-0.1, -0.05) is 6.58 Å². The fraction of sp³-hybridized carbons (Fsp3) is 0.769. The molecule has 1 atom stereocenters. The number of rotatable bonds is 4. The average molecular weight is 224 g/mol.